The number of hydrogen-bond acceptors (Lipinski definition) is 6. The second kappa shape index (κ2) is 12.5. The van der Waals surface area contributed by atoms with Crippen molar-refractivity contribution in [3.05, 3.63) is 54.6 Å². The van der Waals surface area contributed by atoms with Gasteiger partial charge in [0.05, 0.1) is 12.0 Å². The predicted molar refractivity (Wildman–Crippen MR) is 116 cm³/mol. The highest BCUT2D eigenvalue weighted by molar-refractivity contribution is 6.27. The van der Waals surface area contributed by atoms with Crippen LogP contribution in [0.1, 0.15) is 31.9 Å². The van der Waals surface area contributed by atoms with E-state index in [1.165, 1.54) is 0 Å². The minimum atomic E-state index is -1.82. The monoisotopic (exact) mass is 437 g/mol. The van der Waals surface area contributed by atoms with E-state index in [2.05, 4.69) is 37.7 Å². The molecule has 0 radical (unpaired) electrons. The van der Waals surface area contributed by atoms with Crippen LogP contribution in [0.4, 0.5) is 0 Å². The van der Waals surface area contributed by atoms with E-state index >= 15 is 0 Å². The van der Waals surface area contributed by atoms with E-state index in [9.17, 15) is 5.11 Å². The van der Waals surface area contributed by atoms with Gasteiger partial charge in [0, 0.05) is 30.0 Å². The zero-order chi connectivity index (χ0) is 22.9. The first-order chi connectivity index (χ1) is 13.9. The molecular weight excluding hydrogens is 406 g/mol. The number of ether oxygens (including phenoxy) is 1. The lowest BCUT2D eigenvalue weighted by atomic mass is 10.1. The average molecular weight is 437 g/mol. The standard InChI is InChI=1S/C19H27N3O2.C2H2O4.H2O/c1-14-7-6-8-17(15(2)22-10-9-20-13-22)18(14)24-12-16(23)11-21-19(3,4)5;3-1(4)2(5)6;/h6-10,13,16,21,23H,2,11-12H2,1,3-5H3;(H,3,4)(H,5,6);1H2. The van der Waals surface area contributed by atoms with Crippen molar-refractivity contribution in [2.24, 2.45) is 0 Å². The van der Waals surface area contributed by atoms with Gasteiger partial charge in [-0.05, 0) is 39.3 Å². The summed E-state index contributed by atoms with van der Waals surface area (Å²) in [5.41, 5.74) is 2.65. The lowest BCUT2D eigenvalue weighted by Crippen LogP contribution is -2.42. The normalized spacial score (nSPS) is 11.4. The number of benzene rings is 1. The fraction of sp³-hybridized carbons (Fsp3) is 0.381. The highest BCUT2D eigenvalue weighted by Crippen LogP contribution is 2.29. The van der Waals surface area contributed by atoms with Gasteiger partial charge in [-0.1, -0.05) is 18.7 Å². The van der Waals surface area contributed by atoms with Crippen molar-refractivity contribution in [2.75, 3.05) is 13.2 Å². The van der Waals surface area contributed by atoms with E-state index in [1.807, 2.05) is 35.9 Å². The Labute approximate surface area is 181 Å². The van der Waals surface area contributed by atoms with Crippen LogP contribution in [0.5, 0.6) is 5.75 Å². The van der Waals surface area contributed by atoms with Crippen LogP contribution < -0.4 is 10.1 Å². The van der Waals surface area contributed by atoms with Crippen molar-refractivity contribution >= 4 is 17.6 Å². The van der Waals surface area contributed by atoms with Gasteiger partial charge < -0.3 is 35.4 Å². The van der Waals surface area contributed by atoms with Crippen molar-refractivity contribution in [1.82, 2.24) is 14.9 Å². The summed E-state index contributed by atoms with van der Waals surface area (Å²) in [6.07, 6.45) is 4.68. The van der Waals surface area contributed by atoms with Crippen molar-refractivity contribution in [3.63, 3.8) is 0 Å². The van der Waals surface area contributed by atoms with Crippen LogP contribution in [0.2, 0.25) is 0 Å². The average Bonchev–Trinajstić information content (AvgIpc) is 3.19. The van der Waals surface area contributed by atoms with Gasteiger partial charge in [0.25, 0.3) is 0 Å². The molecule has 0 bridgehead atoms. The number of carboxylic acids is 2. The molecular formula is C21H31N3O7. The first-order valence-electron chi connectivity index (χ1n) is 9.21. The molecule has 31 heavy (non-hydrogen) atoms. The van der Waals surface area contributed by atoms with E-state index in [4.69, 9.17) is 24.5 Å². The Hall–Kier alpha value is -3.21. The second-order valence-corrected chi connectivity index (χ2v) is 7.57. The molecule has 10 heteroatoms. The number of hydrogen-bond donors (Lipinski definition) is 4. The molecule has 0 spiro atoms. The molecule has 2 aromatic rings. The molecule has 1 heterocycles. The highest BCUT2D eigenvalue weighted by atomic mass is 16.5. The van der Waals surface area contributed by atoms with Crippen LogP contribution in [0.25, 0.3) is 5.70 Å². The maximum Gasteiger partial charge on any atom is 0.414 e. The highest BCUT2D eigenvalue weighted by Gasteiger charge is 2.15. The first kappa shape index (κ1) is 27.8. The molecule has 0 aliphatic rings. The molecule has 0 aliphatic heterocycles. The molecule has 2 rings (SSSR count). The Bertz CT molecular complexity index is 846. The van der Waals surface area contributed by atoms with Crippen molar-refractivity contribution in [2.45, 2.75) is 39.3 Å². The number of β-amino-alcohol motifs (C(OH)–C–C–N with tert-alkyl or cyclic N) is 1. The number of carboxylic acid groups (broad SMARTS) is 2. The van der Waals surface area contributed by atoms with Gasteiger partial charge in [0.2, 0.25) is 0 Å². The minimum absolute atomic E-state index is 0. The lowest BCUT2D eigenvalue weighted by molar-refractivity contribution is -0.159. The van der Waals surface area contributed by atoms with Gasteiger partial charge in [-0.25, -0.2) is 14.6 Å². The topological polar surface area (TPSA) is 165 Å². The summed E-state index contributed by atoms with van der Waals surface area (Å²) in [4.78, 5) is 22.3. The molecule has 6 N–H and O–H groups in total. The zero-order valence-electron chi connectivity index (χ0n) is 18.1. The van der Waals surface area contributed by atoms with Crippen molar-refractivity contribution in [3.8, 4) is 5.75 Å². The largest absolute Gasteiger partial charge is 0.490 e. The number of aliphatic carboxylic acids is 2. The van der Waals surface area contributed by atoms with E-state index < -0.39 is 18.0 Å². The van der Waals surface area contributed by atoms with Gasteiger partial charge >= 0.3 is 11.9 Å². The van der Waals surface area contributed by atoms with E-state index in [0.29, 0.717) is 6.54 Å². The van der Waals surface area contributed by atoms with Crippen LogP contribution in [0.15, 0.2) is 43.5 Å². The van der Waals surface area contributed by atoms with Crippen LogP contribution in [0.3, 0.4) is 0 Å². The Morgan fingerprint density at radius 1 is 1.26 bits per heavy atom. The number of aryl methyl sites for hydroxylation is 1. The SMILES string of the molecule is C=C(c1cccc(C)c1OCC(O)CNC(C)(C)C)n1ccnc1.O.O=C(O)C(=O)O. The molecule has 10 nitrogen and oxygen atoms in total. The molecule has 0 aliphatic carbocycles. The molecule has 1 atom stereocenters. The molecule has 0 saturated carbocycles. The molecule has 1 aromatic heterocycles. The Kier molecular flexibility index (Phi) is 11.2. The van der Waals surface area contributed by atoms with E-state index in [-0.39, 0.29) is 17.6 Å². The summed E-state index contributed by atoms with van der Waals surface area (Å²) in [7, 11) is 0. The fourth-order valence-electron chi connectivity index (χ4n) is 2.29. The predicted octanol–water partition coefficient (Wildman–Crippen LogP) is 1.17. The summed E-state index contributed by atoms with van der Waals surface area (Å²) in [5.74, 6) is -2.91. The zero-order valence-corrected chi connectivity index (χ0v) is 18.1. The number of aromatic nitrogens is 2. The number of rotatable bonds is 7. The molecule has 0 saturated heterocycles. The third-order valence-electron chi connectivity index (χ3n) is 3.81. The summed E-state index contributed by atoms with van der Waals surface area (Å²) >= 11 is 0. The van der Waals surface area contributed by atoms with Gasteiger partial charge in [-0.2, -0.15) is 0 Å². The summed E-state index contributed by atoms with van der Waals surface area (Å²) in [6, 6.07) is 5.92. The number of aliphatic hydroxyl groups excluding tert-OH is 1. The van der Waals surface area contributed by atoms with Crippen LogP contribution in [0, 0.1) is 6.92 Å². The third kappa shape index (κ3) is 9.90. The summed E-state index contributed by atoms with van der Waals surface area (Å²) in [6.45, 7) is 13.0. The van der Waals surface area contributed by atoms with Crippen LogP contribution >= 0.6 is 0 Å². The Morgan fingerprint density at radius 2 is 1.87 bits per heavy atom. The van der Waals surface area contributed by atoms with Gasteiger partial charge in [-0.3, -0.25) is 0 Å². The first-order valence-corrected chi connectivity index (χ1v) is 9.21. The van der Waals surface area contributed by atoms with Gasteiger partial charge in [0.15, 0.2) is 0 Å². The summed E-state index contributed by atoms with van der Waals surface area (Å²) < 4.78 is 7.78. The minimum Gasteiger partial charge on any atom is -0.490 e. The summed E-state index contributed by atoms with van der Waals surface area (Å²) in [5, 5.41) is 28.2. The maximum absolute atomic E-state index is 10.2. The number of nitrogens with zero attached hydrogens (tertiary/aromatic N) is 2. The third-order valence-corrected chi connectivity index (χ3v) is 3.81. The van der Waals surface area contributed by atoms with Crippen molar-refractivity contribution < 1.29 is 35.1 Å². The Balaban J connectivity index is 0.00000113. The molecule has 1 aromatic carbocycles. The number of carbonyl (C=O) groups is 2. The molecule has 172 valence electrons. The van der Waals surface area contributed by atoms with Crippen molar-refractivity contribution in [1.29, 1.82) is 0 Å². The van der Waals surface area contributed by atoms with E-state index in [1.54, 1.807) is 12.5 Å². The molecule has 1 unspecified atom stereocenters. The quantitative estimate of drug-likeness (QED) is 0.469. The second-order valence-electron chi connectivity index (χ2n) is 7.57. The smallest absolute Gasteiger partial charge is 0.414 e. The Morgan fingerprint density at radius 3 is 2.35 bits per heavy atom. The number of imidazole rings is 1. The molecule has 0 fully saturated rings. The fourth-order valence-corrected chi connectivity index (χ4v) is 2.29. The number of nitrogens with one attached hydrogen (secondary N) is 1. The van der Waals surface area contributed by atoms with E-state index in [0.717, 1.165) is 22.6 Å². The van der Waals surface area contributed by atoms with Crippen LogP contribution in [-0.2, 0) is 9.59 Å². The number of aliphatic hydroxyl groups is 1. The number of para-hydroxylation sites is 1. The van der Waals surface area contributed by atoms with Gasteiger partial charge in [0.1, 0.15) is 18.5 Å². The van der Waals surface area contributed by atoms with Gasteiger partial charge in [-0.15, -0.1) is 0 Å². The maximum atomic E-state index is 10.2. The van der Waals surface area contributed by atoms with Crippen LogP contribution in [-0.4, -0.2) is 67.1 Å². The molecule has 0 amide bonds. The lowest BCUT2D eigenvalue weighted by Gasteiger charge is -2.23.